The van der Waals surface area contributed by atoms with Crippen LogP contribution in [0.25, 0.3) is 0 Å². The van der Waals surface area contributed by atoms with E-state index in [1.54, 1.807) is 29.3 Å². The Labute approximate surface area is 243 Å². The number of rotatable bonds is 6. The van der Waals surface area contributed by atoms with Gasteiger partial charge in [-0.2, -0.15) is 0 Å². The van der Waals surface area contributed by atoms with Crippen molar-refractivity contribution in [3.63, 3.8) is 0 Å². The maximum absolute atomic E-state index is 13.3. The number of anilines is 3. The van der Waals surface area contributed by atoms with Gasteiger partial charge in [-0.05, 0) is 99.6 Å². The molecule has 0 aliphatic carbocycles. The third-order valence-electron chi connectivity index (χ3n) is 7.94. The van der Waals surface area contributed by atoms with E-state index in [2.05, 4.69) is 45.8 Å². The molecule has 204 valence electrons. The molecular weight excluding hydrogens is 551 g/mol. The van der Waals surface area contributed by atoms with Gasteiger partial charge in [-0.3, -0.25) is 9.69 Å². The fourth-order valence-corrected chi connectivity index (χ4v) is 7.50. The largest absolute Gasteiger partial charge is 0.324 e. The lowest BCUT2D eigenvalue weighted by Gasteiger charge is -2.28. The molecule has 3 aliphatic heterocycles. The molecule has 2 aromatic carbocycles. The third-order valence-corrected chi connectivity index (χ3v) is 9.52. The minimum atomic E-state index is -0.208. The van der Waals surface area contributed by atoms with Crippen LogP contribution in [0.4, 0.5) is 17.3 Å². The second kappa shape index (κ2) is 11.6. The van der Waals surface area contributed by atoms with Crippen molar-refractivity contribution in [3.05, 3.63) is 69.3 Å². The molecule has 2 N–H and O–H groups in total. The van der Waals surface area contributed by atoms with Crippen molar-refractivity contribution in [2.75, 3.05) is 49.3 Å². The molecule has 2 fully saturated rings. The zero-order chi connectivity index (χ0) is 26.9. The summed E-state index contributed by atoms with van der Waals surface area (Å²) in [6.07, 6.45) is 6.29. The minimum absolute atomic E-state index is 0.208. The molecular formula is C29H32Cl2N6OS. The first-order valence-electron chi connectivity index (χ1n) is 13.5. The normalized spacial score (nSPS) is 20.3. The van der Waals surface area contributed by atoms with Gasteiger partial charge < -0.3 is 15.5 Å². The van der Waals surface area contributed by atoms with Gasteiger partial charge in [0.1, 0.15) is 5.03 Å². The Kier molecular flexibility index (Phi) is 8.00. The van der Waals surface area contributed by atoms with Crippen LogP contribution < -0.4 is 15.5 Å². The molecule has 1 aromatic heterocycles. The molecule has 3 aliphatic rings. The Bertz CT molecular complexity index is 1360. The number of halogens is 2. The van der Waals surface area contributed by atoms with Gasteiger partial charge in [0.25, 0.3) is 5.91 Å². The lowest BCUT2D eigenvalue weighted by molar-refractivity contribution is 0.0985. The van der Waals surface area contributed by atoms with E-state index >= 15 is 0 Å². The summed E-state index contributed by atoms with van der Waals surface area (Å²) in [5.41, 5.74) is 4.86. The first kappa shape index (κ1) is 26.8. The van der Waals surface area contributed by atoms with E-state index in [-0.39, 0.29) is 5.91 Å². The maximum atomic E-state index is 13.3. The molecule has 3 aromatic rings. The Morgan fingerprint density at radius 3 is 2.67 bits per heavy atom. The summed E-state index contributed by atoms with van der Waals surface area (Å²) in [6.45, 7) is 4.48. The number of nitrogens with one attached hydrogen (secondary N) is 2. The van der Waals surface area contributed by atoms with Crippen molar-refractivity contribution in [2.24, 2.45) is 5.92 Å². The van der Waals surface area contributed by atoms with Crippen LogP contribution in [0.1, 0.15) is 46.7 Å². The highest BCUT2D eigenvalue weighted by Gasteiger charge is 2.31. The van der Waals surface area contributed by atoms with Crippen LogP contribution in [0, 0.1) is 5.92 Å². The number of carbonyl (C=O) groups is 1. The van der Waals surface area contributed by atoms with Gasteiger partial charge in [0.15, 0.2) is 0 Å². The second-order valence-corrected chi connectivity index (χ2v) is 12.4. The van der Waals surface area contributed by atoms with Gasteiger partial charge in [-0.1, -0.05) is 47.1 Å². The summed E-state index contributed by atoms with van der Waals surface area (Å²) >= 11 is 14.2. The quantitative estimate of drug-likeness (QED) is 0.335. The predicted molar refractivity (Wildman–Crippen MR) is 160 cm³/mol. The summed E-state index contributed by atoms with van der Waals surface area (Å²) in [5.74, 6) is 1.94. The van der Waals surface area contributed by atoms with Crippen LogP contribution in [-0.4, -0.2) is 59.9 Å². The van der Waals surface area contributed by atoms with Crippen LogP contribution in [0.2, 0.25) is 10.0 Å². The number of aromatic nitrogens is 2. The average Bonchev–Trinajstić information content (AvgIpc) is 3.34. The van der Waals surface area contributed by atoms with E-state index in [0.717, 1.165) is 31.7 Å². The van der Waals surface area contributed by atoms with E-state index < -0.39 is 0 Å². The Balaban J connectivity index is 1.23. The highest BCUT2D eigenvalue weighted by Crippen LogP contribution is 2.40. The number of piperidine rings is 1. The molecule has 2 saturated heterocycles. The number of hydrogen-bond acceptors (Lipinski definition) is 7. The molecule has 10 heteroatoms. The zero-order valence-corrected chi connectivity index (χ0v) is 24.2. The van der Waals surface area contributed by atoms with Crippen molar-refractivity contribution >= 4 is 58.2 Å². The molecule has 7 nitrogen and oxygen atoms in total. The molecule has 1 amide bonds. The second-order valence-electron chi connectivity index (χ2n) is 10.7. The molecule has 0 bridgehead atoms. The van der Waals surface area contributed by atoms with Crippen LogP contribution in [-0.2, 0) is 6.42 Å². The Morgan fingerprint density at radius 2 is 1.92 bits per heavy atom. The van der Waals surface area contributed by atoms with E-state index in [0.29, 0.717) is 50.0 Å². The van der Waals surface area contributed by atoms with Crippen LogP contribution in [0.5, 0.6) is 0 Å². The monoisotopic (exact) mass is 582 g/mol. The average molecular weight is 584 g/mol. The number of carbonyl (C=O) groups excluding carboxylic acids is 1. The first-order valence-corrected chi connectivity index (χ1v) is 15.2. The van der Waals surface area contributed by atoms with Crippen LogP contribution in [0.15, 0.2) is 47.6 Å². The fourth-order valence-electron chi connectivity index (χ4n) is 5.95. The van der Waals surface area contributed by atoms with E-state index in [1.807, 2.05) is 0 Å². The summed E-state index contributed by atoms with van der Waals surface area (Å²) in [4.78, 5) is 26.5. The van der Waals surface area contributed by atoms with Crippen LogP contribution >= 0.6 is 35.0 Å². The number of benzene rings is 2. The molecule has 0 saturated carbocycles. The molecule has 39 heavy (non-hydrogen) atoms. The highest BCUT2D eigenvalue weighted by atomic mass is 35.5. The number of amides is 1. The van der Waals surface area contributed by atoms with Gasteiger partial charge in [-0.25, -0.2) is 9.97 Å². The topological polar surface area (TPSA) is 73.4 Å². The standard InChI is InChI=1S/C29H32Cl2N6OS/c1-36-12-9-18(16-36)13-20-14-21(5-6-22(20)19-7-10-32-11-8-19)34-29-33-15-23-27(35-29)39-17-37(28(23)38)26-24(30)3-2-4-25(26)31/h2-6,14-15,18-19,32H,7-13,16-17H2,1H3,(H,33,34,35). The van der Waals surface area contributed by atoms with Crippen LogP contribution in [0.3, 0.4) is 0 Å². The Hall–Kier alpha value is -2.36. The predicted octanol–water partition coefficient (Wildman–Crippen LogP) is 6.20. The van der Waals surface area contributed by atoms with E-state index in [1.165, 1.54) is 48.7 Å². The summed E-state index contributed by atoms with van der Waals surface area (Å²) in [6, 6.07) is 12.0. The lowest BCUT2D eigenvalue weighted by atomic mass is 9.84. The lowest BCUT2D eigenvalue weighted by Crippen LogP contribution is -2.35. The zero-order valence-electron chi connectivity index (χ0n) is 21.9. The number of fused-ring (bicyclic) bond motifs is 1. The summed E-state index contributed by atoms with van der Waals surface area (Å²) in [7, 11) is 2.21. The summed E-state index contributed by atoms with van der Waals surface area (Å²) < 4.78 is 0. The van der Waals surface area contributed by atoms with E-state index in [9.17, 15) is 4.79 Å². The van der Waals surface area contributed by atoms with Crippen molar-refractivity contribution < 1.29 is 4.79 Å². The minimum Gasteiger partial charge on any atom is -0.324 e. The smallest absolute Gasteiger partial charge is 0.263 e. The van der Waals surface area contributed by atoms with Crippen molar-refractivity contribution in [1.82, 2.24) is 20.2 Å². The molecule has 1 unspecified atom stereocenters. The molecule has 0 radical (unpaired) electrons. The van der Waals surface area contributed by atoms with Gasteiger partial charge in [0.2, 0.25) is 5.95 Å². The molecule has 1 atom stereocenters. The Morgan fingerprint density at radius 1 is 1.13 bits per heavy atom. The molecule has 0 spiro atoms. The number of para-hydroxylation sites is 1. The number of nitrogens with zero attached hydrogens (tertiary/aromatic N) is 4. The number of likely N-dealkylation sites (tertiary alicyclic amines) is 1. The van der Waals surface area contributed by atoms with Gasteiger partial charge in [0.05, 0.1) is 27.2 Å². The van der Waals surface area contributed by atoms with Crippen molar-refractivity contribution in [1.29, 1.82) is 0 Å². The fraction of sp³-hybridized carbons (Fsp3) is 0.414. The molecule has 6 rings (SSSR count). The third kappa shape index (κ3) is 5.77. The number of hydrogen-bond donors (Lipinski definition) is 2. The van der Waals surface area contributed by atoms with Gasteiger partial charge in [-0.15, -0.1) is 0 Å². The summed E-state index contributed by atoms with van der Waals surface area (Å²) in [5, 5.41) is 8.43. The number of thioether (sulfide) groups is 1. The first-order chi connectivity index (χ1) is 19.0. The van der Waals surface area contributed by atoms with Gasteiger partial charge in [0, 0.05) is 18.4 Å². The van der Waals surface area contributed by atoms with Crippen molar-refractivity contribution in [2.45, 2.75) is 36.6 Å². The van der Waals surface area contributed by atoms with Crippen molar-refractivity contribution in [3.8, 4) is 0 Å². The highest BCUT2D eigenvalue weighted by molar-refractivity contribution is 7.99. The molecule has 4 heterocycles. The SMILES string of the molecule is CN1CCC(Cc2cc(Nc3ncc4c(n3)SCN(c3c(Cl)cccc3Cl)C4=O)ccc2C2CCNCC2)C1. The maximum Gasteiger partial charge on any atom is 0.263 e. The van der Waals surface area contributed by atoms with Gasteiger partial charge >= 0.3 is 0 Å². The van der Waals surface area contributed by atoms with E-state index in [4.69, 9.17) is 28.2 Å².